The van der Waals surface area contributed by atoms with E-state index in [1.165, 1.54) is 28.0 Å². The summed E-state index contributed by atoms with van der Waals surface area (Å²) in [7, 11) is 0. The second kappa shape index (κ2) is 7.97. The summed E-state index contributed by atoms with van der Waals surface area (Å²) in [5.41, 5.74) is -0.730. The molecule has 1 N–H and O–H groups in total. The van der Waals surface area contributed by atoms with E-state index < -0.39 is 64.0 Å². The fourth-order valence-corrected chi connectivity index (χ4v) is 5.89. The van der Waals surface area contributed by atoms with Crippen LogP contribution in [0.5, 0.6) is 0 Å². The van der Waals surface area contributed by atoms with Gasteiger partial charge in [-0.15, -0.1) is 23.1 Å². The van der Waals surface area contributed by atoms with E-state index in [1.807, 2.05) is 0 Å². The van der Waals surface area contributed by atoms with Gasteiger partial charge in [0.25, 0.3) is 0 Å². The van der Waals surface area contributed by atoms with Crippen molar-refractivity contribution in [1.82, 2.24) is 4.90 Å². The third kappa shape index (κ3) is 4.00. The molecule has 2 aliphatic heterocycles. The third-order valence-electron chi connectivity index (χ3n) is 5.08. The van der Waals surface area contributed by atoms with Crippen LogP contribution in [0.15, 0.2) is 17.5 Å². The Kier molecular flexibility index (Phi) is 6.05. The Morgan fingerprint density at radius 1 is 1.27 bits per heavy atom. The first kappa shape index (κ1) is 22.8. The summed E-state index contributed by atoms with van der Waals surface area (Å²) in [5, 5.41) is 11.7. The molecule has 2 aliphatic rings. The summed E-state index contributed by atoms with van der Waals surface area (Å²) in [6.07, 6.45) is -1.47. The van der Waals surface area contributed by atoms with E-state index in [-0.39, 0.29) is 0 Å². The standard InChI is InChI=1S/C20H25NO7S2/c1-19(2,3)18(26)28-9-27-17(25)14-20(4,5)30-16-11(15(24)21(14)16)13(23)12(22)10-7-6-8-29-10/h6-8,11,13-14,16,23H,9H2,1-5H3/t11-,13+,14+,16-/m1/s1. The Bertz CT molecular complexity index is 859. The predicted octanol–water partition coefficient (Wildman–Crippen LogP) is 2.06. The second-order valence-corrected chi connectivity index (χ2v) is 11.6. The molecule has 8 nitrogen and oxygen atoms in total. The number of carbonyl (C=O) groups excluding carboxylic acids is 4. The monoisotopic (exact) mass is 455 g/mol. The maximum Gasteiger partial charge on any atom is 0.333 e. The summed E-state index contributed by atoms with van der Waals surface area (Å²) < 4.78 is 9.38. The molecular formula is C20H25NO7S2. The minimum atomic E-state index is -1.47. The molecule has 2 saturated heterocycles. The summed E-state index contributed by atoms with van der Waals surface area (Å²) >= 11 is 2.54. The molecule has 4 atom stereocenters. The number of ketones is 1. The van der Waals surface area contributed by atoms with Gasteiger partial charge in [0, 0.05) is 4.75 Å². The molecule has 30 heavy (non-hydrogen) atoms. The smallest absolute Gasteiger partial charge is 0.333 e. The second-order valence-electron chi connectivity index (χ2n) is 8.84. The van der Waals surface area contributed by atoms with E-state index in [2.05, 4.69) is 0 Å². The number of nitrogens with zero attached hydrogens (tertiary/aromatic N) is 1. The van der Waals surface area contributed by atoms with E-state index in [0.717, 1.165) is 0 Å². The number of Topliss-reactive ketones (excluding diaryl/α,β-unsaturated/α-hetero) is 1. The highest BCUT2D eigenvalue weighted by molar-refractivity contribution is 8.01. The van der Waals surface area contributed by atoms with Crippen LogP contribution >= 0.6 is 23.1 Å². The van der Waals surface area contributed by atoms with Crippen LogP contribution in [0.3, 0.4) is 0 Å². The minimum Gasteiger partial charge on any atom is -0.427 e. The van der Waals surface area contributed by atoms with Gasteiger partial charge in [-0.2, -0.15) is 0 Å². The van der Waals surface area contributed by atoms with E-state index >= 15 is 0 Å². The van der Waals surface area contributed by atoms with E-state index in [1.54, 1.807) is 52.1 Å². The number of ether oxygens (including phenoxy) is 2. The highest BCUT2D eigenvalue weighted by Crippen LogP contribution is 2.54. The number of thioether (sulfide) groups is 1. The SMILES string of the molecule is CC(C)(C)C(=O)OCOC(=O)[C@@H]1N2C(=O)[C@@H]([C@H](O)C(=O)c3cccs3)[C@H]2SC1(C)C. The molecule has 10 heteroatoms. The number of aliphatic hydroxyl groups is 1. The zero-order valence-electron chi connectivity index (χ0n) is 17.4. The lowest BCUT2D eigenvalue weighted by atomic mass is 9.86. The van der Waals surface area contributed by atoms with Crippen LogP contribution < -0.4 is 0 Å². The number of esters is 2. The first-order valence-corrected chi connectivity index (χ1v) is 11.2. The van der Waals surface area contributed by atoms with Gasteiger partial charge < -0.3 is 19.5 Å². The molecule has 0 bridgehead atoms. The van der Waals surface area contributed by atoms with Crippen LogP contribution in [0, 0.1) is 11.3 Å². The number of rotatable bonds is 6. The zero-order chi connectivity index (χ0) is 22.4. The van der Waals surface area contributed by atoms with Crippen LogP contribution in [0.25, 0.3) is 0 Å². The molecule has 0 aliphatic carbocycles. The Morgan fingerprint density at radius 3 is 2.50 bits per heavy atom. The van der Waals surface area contributed by atoms with Crippen molar-refractivity contribution in [2.45, 2.75) is 56.9 Å². The Morgan fingerprint density at radius 2 is 1.93 bits per heavy atom. The van der Waals surface area contributed by atoms with Crippen molar-refractivity contribution in [3.63, 3.8) is 0 Å². The number of thiophene rings is 1. The first-order valence-electron chi connectivity index (χ1n) is 9.46. The highest BCUT2D eigenvalue weighted by atomic mass is 32.2. The lowest BCUT2D eigenvalue weighted by molar-refractivity contribution is -0.182. The normalized spacial score (nSPS) is 25.9. The molecule has 0 aromatic carbocycles. The van der Waals surface area contributed by atoms with Gasteiger partial charge in [0.1, 0.15) is 18.1 Å². The molecule has 0 radical (unpaired) electrons. The maximum atomic E-state index is 12.8. The number of hydrogen-bond donors (Lipinski definition) is 1. The molecule has 164 valence electrons. The van der Waals surface area contributed by atoms with Gasteiger partial charge in [0.05, 0.1) is 15.7 Å². The maximum absolute atomic E-state index is 12.8. The van der Waals surface area contributed by atoms with Gasteiger partial charge >= 0.3 is 11.9 Å². The van der Waals surface area contributed by atoms with Crippen LogP contribution in [0.1, 0.15) is 44.3 Å². The van der Waals surface area contributed by atoms with Crippen LogP contribution in [0.4, 0.5) is 0 Å². The number of hydrogen-bond acceptors (Lipinski definition) is 9. The Labute approximate surface area is 182 Å². The molecular weight excluding hydrogens is 430 g/mol. The number of amides is 1. The van der Waals surface area contributed by atoms with Crippen molar-refractivity contribution < 1.29 is 33.8 Å². The van der Waals surface area contributed by atoms with Crippen molar-refractivity contribution in [2.75, 3.05) is 6.79 Å². The predicted molar refractivity (Wildman–Crippen MR) is 111 cm³/mol. The van der Waals surface area contributed by atoms with Crippen LogP contribution in [-0.2, 0) is 23.9 Å². The third-order valence-corrected chi connectivity index (χ3v) is 7.56. The topological polar surface area (TPSA) is 110 Å². The van der Waals surface area contributed by atoms with E-state index in [0.29, 0.717) is 4.88 Å². The van der Waals surface area contributed by atoms with Crippen molar-refractivity contribution in [1.29, 1.82) is 0 Å². The van der Waals surface area contributed by atoms with Gasteiger partial charge in [-0.05, 0) is 46.1 Å². The average Bonchev–Trinajstić information content (AvgIpc) is 3.25. The molecule has 0 spiro atoms. The molecule has 1 amide bonds. The average molecular weight is 456 g/mol. The molecule has 2 fully saturated rings. The van der Waals surface area contributed by atoms with Gasteiger partial charge in [0.15, 0.2) is 0 Å². The fraction of sp³-hybridized carbons (Fsp3) is 0.600. The first-order chi connectivity index (χ1) is 13.9. The summed E-state index contributed by atoms with van der Waals surface area (Å²) in [6, 6.07) is 2.39. The summed E-state index contributed by atoms with van der Waals surface area (Å²) in [5.74, 6) is -3.09. The lowest BCUT2D eigenvalue weighted by Gasteiger charge is -2.45. The van der Waals surface area contributed by atoms with Crippen LogP contribution in [0.2, 0.25) is 0 Å². The number of β-lactam (4-membered cyclic amide) rings is 1. The molecule has 3 rings (SSSR count). The van der Waals surface area contributed by atoms with Crippen molar-refractivity contribution in [3.05, 3.63) is 22.4 Å². The quantitative estimate of drug-likeness (QED) is 0.300. The van der Waals surface area contributed by atoms with Gasteiger partial charge in [0.2, 0.25) is 18.5 Å². The molecule has 1 aromatic heterocycles. The lowest BCUT2D eigenvalue weighted by Crippen LogP contribution is -2.66. The minimum absolute atomic E-state index is 0.382. The fourth-order valence-electron chi connectivity index (χ4n) is 3.48. The number of carbonyl (C=O) groups is 4. The number of aliphatic hydroxyl groups excluding tert-OH is 1. The van der Waals surface area contributed by atoms with E-state index in [4.69, 9.17) is 9.47 Å². The van der Waals surface area contributed by atoms with Crippen LogP contribution in [-0.4, -0.2) is 62.7 Å². The van der Waals surface area contributed by atoms with Crippen molar-refractivity contribution in [3.8, 4) is 0 Å². The molecule has 0 unspecified atom stereocenters. The molecule has 0 saturated carbocycles. The highest BCUT2D eigenvalue weighted by Gasteiger charge is 2.66. The number of fused-ring (bicyclic) bond motifs is 1. The van der Waals surface area contributed by atoms with Gasteiger partial charge in [-0.3, -0.25) is 14.4 Å². The Hall–Kier alpha value is -1.91. The summed E-state index contributed by atoms with van der Waals surface area (Å²) in [6.45, 7) is 8.09. The zero-order valence-corrected chi connectivity index (χ0v) is 19.0. The van der Waals surface area contributed by atoms with Crippen molar-refractivity contribution in [2.24, 2.45) is 11.3 Å². The van der Waals surface area contributed by atoms with Gasteiger partial charge in [-0.1, -0.05) is 6.07 Å². The summed E-state index contributed by atoms with van der Waals surface area (Å²) in [4.78, 5) is 51.5. The largest absolute Gasteiger partial charge is 0.427 e. The molecule has 1 aromatic rings. The van der Waals surface area contributed by atoms with Gasteiger partial charge in [-0.25, -0.2) is 4.79 Å². The van der Waals surface area contributed by atoms with E-state index in [9.17, 15) is 24.3 Å². The van der Waals surface area contributed by atoms with Crippen molar-refractivity contribution >= 4 is 46.7 Å². The molecule has 3 heterocycles. The Balaban J connectivity index is 1.66.